The molecular formula is C12H17N3O3. The fourth-order valence-corrected chi connectivity index (χ4v) is 1.56. The van der Waals surface area contributed by atoms with Gasteiger partial charge in [0.1, 0.15) is 11.3 Å². The maximum absolute atomic E-state index is 11.9. The van der Waals surface area contributed by atoms with Crippen molar-refractivity contribution >= 4 is 17.3 Å². The Morgan fingerprint density at radius 3 is 2.61 bits per heavy atom. The molecule has 0 saturated heterocycles. The van der Waals surface area contributed by atoms with Crippen LogP contribution < -0.4 is 5.32 Å². The minimum atomic E-state index is -0.519. The number of para-hydroxylation sites is 1. The van der Waals surface area contributed by atoms with Gasteiger partial charge in [0.15, 0.2) is 0 Å². The smallest absolute Gasteiger partial charge is 0.305 e. The molecule has 0 saturated carbocycles. The fourth-order valence-electron chi connectivity index (χ4n) is 1.56. The highest BCUT2D eigenvalue weighted by atomic mass is 16.6. The molecule has 0 fully saturated rings. The average Bonchev–Trinajstić information content (AvgIpc) is 2.34. The first-order valence-corrected chi connectivity index (χ1v) is 5.72. The van der Waals surface area contributed by atoms with Crippen molar-refractivity contribution in [1.29, 1.82) is 0 Å². The summed E-state index contributed by atoms with van der Waals surface area (Å²) in [4.78, 5) is 23.8. The zero-order chi connectivity index (χ0) is 13.7. The highest BCUT2D eigenvalue weighted by Gasteiger charge is 2.25. The maximum atomic E-state index is 11.9. The molecule has 0 atom stereocenters. The number of amides is 1. The summed E-state index contributed by atoms with van der Waals surface area (Å²) in [5.74, 6) is -0.373. The van der Waals surface area contributed by atoms with Crippen LogP contribution in [0.25, 0.3) is 0 Å². The molecule has 1 amide bonds. The Balaban J connectivity index is 3.26. The van der Waals surface area contributed by atoms with Crippen LogP contribution in [-0.2, 0) is 0 Å². The van der Waals surface area contributed by atoms with Crippen molar-refractivity contribution in [2.45, 2.75) is 13.3 Å². The van der Waals surface area contributed by atoms with Gasteiger partial charge in [-0.2, -0.15) is 0 Å². The van der Waals surface area contributed by atoms with Gasteiger partial charge in [0.2, 0.25) is 0 Å². The monoisotopic (exact) mass is 251 g/mol. The third-order valence-electron chi connectivity index (χ3n) is 2.42. The Morgan fingerprint density at radius 2 is 2.11 bits per heavy atom. The molecule has 98 valence electrons. The molecule has 0 radical (unpaired) electrons. The van der Waals surface area contributed by atoms with Gasteiger partial charge in [-0.25, -0.2) is 0 Å². The normalized spacial score (nSPS) is 9.94. The van der Waals surface area contributed by atoms with Crippen molar-refractivity contribution in [3.63, 3.8) is 0 Å². The van der Waals surface area contributed by atoms with E-state index in [2.05, 4.69) is 5.32 Å². The van der Waals surface area contributed by atoms with E-state index < -0.39 is 4.92 Å². The van der Waals surface area contributed by atoms with E-state index in [4.69, 9.17) is 0 Å². The van der Waals surface area contributed by atoms with Crippen LogP contribution in [0, 0.1) is 10.1 Å². The topological polar surface area (TPSA) is 75.5 Å². The second-order valence-electron chi connectivity index (χ2n) is 4.09. The number of carbonyl (C=O) groups excluding carboxylic acids is 1. The van der Waals surface area contributed by atoms with Crippen LogP contribution in [-0.4, -0.2) is 36.4 Å². The van der Waals surface area contributed by atoms with Crippen LogP contribution in [0.15, 0.2) is 18.2 Å². The highest BCUT2D eigenvalue weighted by molar-refractivity contribution is 6.00. The molecule has 6 heteroatoms. The van der Waals surface area contributed by atoms with Gasteiger partial charge in [-0.1, -0.05) is 13.0 Å². The Kier molecular flexibility index (Phi) is 4.65. The second-order valence-corrected chi connectivity index (χ2v) is 4.09. The van der Waals surface area contributed by atoms with Crippen molar-refractivity contribution in [2.24, 2.45) is 0 Å². The maximum Gasteiger partial charge on any atom is 0.305 e. The fraction of sp³-hybridized carbons (Fsp3) is 0.417. The van der Waals surface area contributed by atoms with Gasteiger partial charge in [-0.05, 0) is 18.6 Å². The SMILES string of the molecule is CCCNc1cccc(C(=O)N(C)C)c1[N+](=O)[O-]. The van der Waals surface area contributed by atoms with Crippen molar-refractivity contribution in [2.75, 3.05) is 26.0 Å². The van der Waals surface area contributed by atoms with Crippen LogP contribution in [0.1, 0.15) is 23.7 Å². The van der Waals surface area contributed by atoms with Crippen molar-refractivity contribution in [3.8, 4) is 0 Å². The number of carbonyl (C=O) groups is 1. The van der Waals surface area contributed by atoms with Crippen molar-refractivity contribution in [3.05, 3.63) is 33.9 Å². The van der Waals surface area contributed by atoms with Gasteiger partial charge < -0.3 is 10.2 Å². The molecule has 18 heavy (non-hydrogen) atoms. The van der Waals surface area contributed by atoms with E-state index in [9.17, 15) is 14.9 Å². The predicted octanol–water partition coefficient (Wildman–Crippen LogP) is 2.12. The number of rotatable bonds is 5. The van der Waals surface area contributed by atoms with Gasteiger partial charge in [-0.3, -0.25) is 14.9 Å². The molecule has 0 aromatic heterocycles. The molecule has 1 aromatic rings. The minimum Gasteiger partial charge on any atom is -0.379 e. The summed E-state index contributed by atoms with van der Waals surface area (Å²) in [6.45, 7) is 2.59. The number of nitrogens with one attached hydrogen (secondary N) is 1. The molecule has 0 bridgehead atoms. The zero-order valence-corrected chi connectivity index (χ0v) is 10.8. The lowest BCUT2D eigenvalue weighted by Crippen LogP contribution is -2.23. The summed E-state index contributed by atoms with van der Waals surface area (Å²) >= 11 is 0. The molecule has 1 N–H and O–H groups in total. The van der Waals surface area contributed by atoms with E-state index in [0.29, 0.717) is 12.2 Å². The molecule has 0 aliphatic heterocycles. The number of nitrogens with zero attached hydrogens (tertiary/aromatic N) is 2. The molecule has 6 nitrogen and oxygen atoms in total. The summed E-state index contributed by atoms with van der Waals surface area (Å²) < 4.78 is 0. The van der Waals surface area contributed by atoms with Crippen molar-refractivity contribution < 1.29 is 9.72 Å². The highest BCUT2D eigenvalue weighted by Crippen LogP contribution is 2.29. The number of nitro groups is 1. The van der Waals surface area contributed by atoms with Crippen LogP contribution in [0.3, 0.4) is 0 Å². The van der Waals surface area contributed by atoms with E-state index in [1.54, 1.807) is 26.2 Å². The van der Waals surface area contributed by atoms with Crippen LogP contribution in [0.4, 0.5) is 11.4 Å². The first-order chi connectivity index (χ1) is 8.49. The molecule has 0 heterocycles. The van der Waals surface area contributed by atoms with E-state index >= 15 is 0 Å². The molecule has 1 rings (SSSR count). The van der Waals surface area contributed by atoms with Crippen molar-refractivity contribution in [1.82, 2.24) is 4.90 Å². The third-order valence-corrected chi connectivity index (χ3v) is 2.42. The number of benzene rings is 1. The lowest BCUT2D eigenvalue weighted by Gasteiger charge is -2.12. The number of anilines is 1. The molecular weight excluding hydrogens is 234 g/mol. The number of nitro benzene ring substituents is 1. The molecule has 0 aliphatic carbocycles. The quantitative estimate of drug-likeness (QED) is 0.642. The Labute approximate surface area is 106 Å². The summed E-state index contributed by atoms with van der Waals surface area (Å²) in [5, 5.41) is 14.1. The molecule has 0 spiro atoms. The summed E-state index contributed by atoms with van der Waals surface area (Å²) in [6.07, 6.45) is 0.850. The van der Waals surface area contributed by atoms with Crippen LogP contribution in [0.5, 0.6) is 0 Å². The lowest BCUT2D eigenvalue weighted by molar-refractivity contribution is -0.384. The Morgan fingerprint density at radius 1 is 1.44 bits per heavy atom. The van der Waals surface area contributed by atoms with E-state index in [-0.39, 0.29) is 17.2 Å². The Hall–Kier alpha value is -2.11. The minimum absolute atomic E-state index is 0.103. The third kappa shape index (κ3) is 2.97. The lowest BCUT2D eigenvalue weighted by atomic mass is 10.1. The zero-order valence-electron chi connectivity index (χ0n) is 10.8. The summed E-state index contributed by atoms with van der Waals surface area (Å²) in [5.41, 5.74) is 0.324. The van der Waals surface area contributed by atoms with Crippen LogP contribution >= 0.6 is 0 Å². The second kappa shape index (κ2) is 6.00. The van der Waals surface area contributed by atoms with E-state index in [0.717, 1.165) is 6.42 Å². The average molecular weight is 251 g/mol. The summed E-state index contributed by atoms with van der Waals surface area (Å²) in [7, 11) is 3.14. The first-order valence-electron chi connectivity index (χ1n) is 5.72. The number of hydrogen-bond donors (Lipinski definition) is 1. The van der Waals surface area contributed by atoms with Gasteiger partial charge >= 0.3 is 5.69 Å². The van der Waals surface area contributed by atoms with Gasteiger partial charge in [-0.15, -0.1) is 0 Å². The van der Waals surface area contributed by atoms with Gasteiger partial charge in [0.25, 0.3) is 5.91 Å². The largest absolute Gasteiger partial charge is 0.379 e. The predicted molar refractivity (Wildman–Crippen MR) is 69.9 cm³/mol. The Bertz CT molecular complexity index is 458. The first kappa shape index (κ1) is 14.0. The van der Waals surface area contributed by atoms with Crippen LogP contribution in [0.2, 0.25) is 0 Å². The molecule has 0 unspecified atom stereocenters. The van der Waals surface area contributed by atoms with Gasteiger partial charge in [0, 0.05) is 20.6 Å². The summed E-state index contributed by atoms with van der Waals surface area (Å²) in [6, 6.07) is 4.72. The van der Waals surface area contributed by atoms with E-state index in [1.165, 1.54) is 11.0 Å². The standard InChI is InChI=1S/C12H17N3O3/c1-4-8-13-10-7-5-6-9(11(10)15(17)18)12(16)14(2)3/h5-7,13H,4,8H2,1-3H3. The molecule has 1 aromatic carbocycles. The molecule has 0 aliphatic rings. The number of hydrogen-bond acceptors (Lipinski definition) is 4. The van der Waals surface area contributed by atoms with Gasteiger partial charge in [0.05, 0.1) is 4.92 Å². The van der Waals surface area contributed by atoms with E-state index in [1.807, 2.05) is 6.92 Å².